The Morgan fingerprint density at radius 2 is 1.77 bits per heavy atom. The summed E-state index contributed by atoms with van der Waals surface area (Å²) in [5.41, 5.74) is 0. The van der Waals surface area contributed by atoms with E-state index in [4.69, 9.17) is 4.74 Å². The van der Waals surface area contributed by atoms with Gasteiger partial charge in [-0.15, -0.1) is 0 Å². The van der Waals surface area contributed by atoms with E-state index in [-0.39, 0.29) is 0 Å². The van der Waals surface area contributed by atoms with E-state index >= 15 is 0 Å². The van der Waals surface area contributed by atoms with E-state index in [0.717, 1.165) is 17.1 Å². The van der Waals surface area contributed by atoms with Gasteiger partial charge in [-0.05, 0) is 18.6 Å². The van der Waals surface area contributed by atoms with Gasteiger partial charge >= 0.3 is 6.35 Å². The molecular formula is C10H11N2O. The van der Waals surface area contributed by atoms with Crippen LogP contribution in [0.1, 0.15) is 13.3 Å². The number of rotatable bonds is 3. The molecule has 0 fully saturated rings. The molecule has 0 saturated carbocycles. The molecule has 1 radical (unpaired) electrons. The lowest BCUT2D eigenvalue weighted by atomic mass is 10.3. The molecule has 0 amide bonds. The average molecular weight is 175 g/mol. The van der Waals surface area contributed by atoms with Gasteiger partial charge < -0.3 is 4.74 Å². The van der Waals surface area contributed by atoms with Gasteiger partial charge in [-0.2, -0.15) is 0 Å². The van der Waals surface area contributed by atoms with Gasteiger partial charge in [-0.25, -0.2) is 9.98 Å². The van der Waals surface area contributed by atoms with Crippen molar-refractivity contribution >= 4 is 0 Å². The third kappa shape index (κ3) is 1.75. The highest BCUT2D eigenvalue weighted by Gasteiger charge is 2.10. The molecule has 0 aromatic heterocycles. The van der Waals surface area contributed by atoms with Crippen molar-refractivity contribution in [2.45, 2.75) is 13.3 Å². The highest BCUT2D eigenvalue weighted by Crippen LogP contribution is 2.06. The molecule has 3 heteroatoms. The van der Waals surface area contributed by atoms with Crippen LogP contribution in [0.4, 0.5) is 0 Å². The lowest BCUT2D eigenvalue weighted by molar-refractivity contribution is 0.146. The quantitative estimate of drug-likeness (QED) is 0.669. The van der Waals surface area contributed by atoms with Crippen molar-refractivity contribution in [3.8, 4) is 0 Å². The summed E-state index contributed by atoms with van der Waals surface area (Å²) in [6.07, 6.45) is 1.47. The summed E-state index contributed by atoms with van der Waals surface area (Å²) in [6.45, 7) is 2.74. The Labute approximate surface area is 76.8 Å². The molecule has 0 saturated heterocycles. The highest BCUT2D eigenvalue weighted by molar-refractivity contribution is 5.05. The fraction of sp³-hybridized carbons (Fsp3) is 0.300. The summed E-state index contributed by atoms with van der Waals surface area (Å²) in [7, 11) is 0. The van der Waals surface area contributed by atoms with Crippen LogP contribution < -0.4 is 10.7 Å². The van der Waals surface area contributed by atoms with Gasteiger partial charge in [0.05, 0.1) is 17.3 Å². The SMILES string of the molecule is CCCO[C]1N=c2ccccc2=N1. The summed E-state index contributed by atoms with van der Waals surface area (Å²) in [5, 5.41) is 1.79. The van der Waals surface area contributed by atoms with Crippen LogP contribution in [0.25, 0.3) is 0 Å². The van der Waals surface area contributed by atoms with Gasteiger partial charge in [0.1, 0.15) is 0 Å². The molecule has 0 bridgehead atoms. The number of benzene rings is 1. The van der Waals surface area contributed by atoms with Gasteiger partial charge in [0, 0.05) is 0 Å². The summed E-state index contributed by atoms with van der Waals surface area (Å²) in [5.74, 6) is 0. The van der Waals surface area contributed by atoms with E-state index in [2.05, 4.69) is 16.9 Å². The summed E-state index contributed by atoms with van der Waals surface area (Å²) in [6, 6.07) is 7.75. The largest absolute Gasteiger partial charge is 0.333 e. The van der Waals surface area contributed by atoms with E-state index in [1.807, 2.05) is 24.3 Å². The zero-order valence-corrected chi connectivity index (χ0v) is 7.53. The third-order valence-corrected chi connectivity index (χ3v) is 1.75. The Morgan fingerprint density at radius 3 is 2.31 bits per heavy atom. The Hall–Kier alpha value is -1.22. The summed E-state index contributed by atoms with van der Waals surface area (Å²) < 4.78 is 5.32. The van der Waals surface area contributed by atoms with Gasteiger partial charge in [-0.3, -0.25) is 0 Å². The van der Waals surface area contributed by atoms with Crippen LogP contribution in [-0.4, -0.2) is 6.61 Å². The van der Waals surface area contributed by atoms with Crippen LogP contribution in [-0.2, 0) is 4.74 Å². The molecule has 1 aromatic rings. The minimum atomic E-state index is 0.489. The number of hydrogen-bond acceptors (Lipinski definition) is 3. The van der Waals surface area contributed by atoms with Crippen molar-refractivity contribution in [1.29, 1.82) is 0 Å². The van der Waals surface area contributed by atoms with Crippen LogP contribution in [0.15, 0.2) is 34.3 Å². The monoisotopic (exact) mass is 175 g/mol. The van der Waals surface area contributed by atoms with E-state index in [1.54, 1.807) is 0 Å². The van der Waals surface area contributed by atoms with Gasteiger partial charge in [-0.1, -0.05) is 19.1 Å². The normalized spacial score (nSPS) is 14.8. The molecule has 1 aliphatic heterocycles. The molecule has 1 aromatic carbocycles. The van der Waals surface area contributed by atoms with E-state index in [1.165, 1.54) is 0 Å². The van der Waals surface area contributed by atoms with E-state index in [9.17, 15) is 0 Å². The van der Waals surface area contributed by atoms with Crippen LogP contribution >= 0.6 is 0 Å². The van der Waals surface area contributed by atoms with E-state index < -0.39 is 0 Å². The van der Waals surface area contributed by atoms with Crippen LogP contribution in [0.2, 0.25) is 0 Å². The molecule has 2 rings (SSSR count). The lowest BCUT2D eigenvalue weighted by Crippen LogP contribution is -2.19. The van der Waals surface area contributed by atoms with Crippen molar-refractivity contribution in [3.63, 3.8) is 0 Å². The molecule has 0 aliphatic carbocycles. The van der Waals surface area contributed by atoms with Crippen LogP contribution in [0.3, 0.4) is 0 Å². The molecule has 3 nitrogen and oxygen atoms in total. The Bertz CT molecular complexity index is 365. The topological polar surface area (TPSA) is 34.0 Å². The minimum absolute atomic E-state index is 0.489. The molecule has 1 aliphatic rings. The third-order valence-electron chi connectivity index (χ3n) is 1.75. The Morgan fingerprint density at radius 1 is 1.15 bits per heavy atom. The van der Waals surface area contributed by atoms with Crippen molar-refractivity contribution < 1.29 is 4.74 Å². The van der Waals surface area contributed by atoms with E-state index in [0.29, 0.717) is 13.0 Å². The maximum absolute atomic E-state index is 5.32. The maximum atomic E-state index is 5.32. The molecule has 0 unspecified atom stereocenters. The first-order valence-corrected chi connectivity index (χ1v) is 4.42. The molecule has 13 heavy (non-hydrogen) atoms. The fourth-order valence-corrected chi connectivity index (χ4v) is 1.14. The van der Waals surface area contributed by atoms with Gasteiger partial charge in [0.2, 0.25) is 0 Å². The van der Waals surface area contributed by atoms with Crippen molar-refractivity contribution in [2.24, 2.45) is 9.98 Å². The summed E-state index contributed by atoms with van der Waals surface area (Å²) >= 11 is 0. The van der Waals surface area contributed by atoms with Crippen LogP contribution in [0, 0.1) is 6.35 Å². The molecule has 67 valence electrons. The first kappa shape index (κ1) is 8.38. The minimum Gasteiger partial charge on any atom is -0.330 e. The number of hydrogen-bond donors (Lipinski definition) is 0. The molecule has 0 N–H and O–H groups in total. The zero-order valence-electron chi connectivity index (χ0n) is 7.53. The lowest BCUT2D eigenvalue weighted by Gasteiger charge is -2.00. The Balaban J connectivity index is 2.20. The molecule has 1 heterocycles. The predicted octanol–water partition coefficient (Wildman–Crippen LogP) is 0.813. The number of ether oxygens (including phenoxy) is 1. The standard InChI is InChI=1S/C10H11N2O/c1-2-7-13-10-11-8-5-3-4-6-9(8)12-10/h3-6H,2,7H2,1H3. The zero-order chi connectivity index (χ0) is 9.10. The van der Waals surface area contributed by atoms with Gasteiger partial charge in [0.25, 0.3) is 0 Å². The first-order chi connectivity index (χ1) is 6.40. The Kier molecular flexibility index (Phi) is 2.36. The van der Waals surface area contributed by atoms with Crippen molar-refractivity contribution in [3.05, 3.63) is 41.3 Å². The number of fused-ring (bicyclic) bond motifs is 1. The summed E-state index contributed by atoms with van der Waals surface area (Å²) in [4.78, 5) is 8.43. The first-order valence-electron chi connectivity index (χ1n) is 4.42. The van der Waals surface area contributed by atoms with Crippen LogP contribution in [0.5, 0.6) is 0 Å². The molecule has 0 spiro atoms. The van der Waals surface area contributed by atoms with Gasteiger partial charge in [0.15, 0.2) is 0 Å². The number of para-hydroxylation sites is 2. The predicted molar refractivity (Wildman–Crippen MR) is 48.2 cm³/mol. The average Bonchev–Trinajstić information content (AvgIpc) is 2.57. The van der Waals surface area contributed by atoms with Crippen molar-refractivity contribution in [1.82, 2.24) is 0 Å². The second-order valence-electron chi connectivity index (χ2n) is 2.84. The second-order valence-corrected chi connectivity index (χ2v) is 2.84. The smallest absolute Gasteiger partial charge is 0.330 e. The number of nitrogens with zero attached hydrogens (tertiary/aromatic N) is 2. The second kappa shape index (κ2) is 3.66. The van der Waals surface area contributed by atoms with Crippen molar-refractivity contribution in [2.75, 3.05) is 6.61 Å². The maximum Gasteiger partial charge on any atom is 0.333 e. The highest BCUT2D eigenvalue weighted by atomic mass is 16.5. The molecule has 0 atom stereocenters. The molecular weight excluding hydrogens is 164 g/mol. The fourth-order valence-electron chi connectivity index (χ4n) is 1.14.